The highest BCUT2D eigenvalue weighted by atomic mass is 32.1. The third-order valence-corrected chi connectivity index (χ3v) is 4.92. The van der Waals surface area contributed by atoms with E-state index in [2.05, 4.69) is 20.8 Å². The smallest absolute Gasteiger partial charge is 0.292 e. The van der Waals surface area contributed by atoms with Gasteiger partial charge in [0.2, 0.25) is 5.91 Å². The van der Waals surface area contributed by atoms with Gasteiger partial charge in [0.25, 0.3) is 5.69 Å². The van der Waals surface area contributed by atoms with E-state index in [-0.39, 0.29) is 18.0 Å². The Morgan fingerprint density at radius 2 is 1.97 bits per heavy atom. The summed E-state index contributed by atoms with van der Waals surface area (Å²) >= 11 is 5.31. The van der Waals surface area contributed by atoms with E-state index in [1.165, 1.54) is 6.07 Å². The molecule has 1 heterocycles. The molecule has 0 aliphatic carbocycles. The zero-order valence-corrected chi connectivity index (χ0v) is 18.4. The van der Waals surface area contributed by atoms with Gasteiger partial charge in [-0.15, -0.1) is 0 Å². The molecule has 3 aromatic rings. The molecule has 0 atom stereocenters. The molecule has 3 N–H and O–H groups in total. The third kappa shape index (κ3) is 5.91. The summed E-state index contributed by atoms with van der Waals surface area (Å²) in [5.41, 5.74) is 1.27. The fourth-order valence-electron chi connectivity index (χ4n) is 3.10. The summed E-state index contributed by atoms with van der Waals surface area (Å²) < 4.78 is 7.66. The number of H-pyrrole nitrogens is 1. The monoisotopic (exact) mass is 456 g/mol. The standard InChI is InChI=1S/C21H24N6O4S/c1-2-31-16-9-7-15(8-10-16)20-24-25-21(32)26(20)14-11-19(28)23-13-12-22-17-5-3-4-6-18(17)27(29)30/h3-10,22H,2,11-14H2,1H3,(H,23,28)(H,25,32). The van der Waals surface area contributed by atoms with E-state index < -0.39 is 4.92 Å². The molecule has 10 nitrogen and oxygen atoms in total. The second-order valence-electron chi connectivity index (χ2n) is 6.76. The van der Waals surface area contributed by atoms with Gasteiger partial charge in [-0.05, 0) is 49.5 Å². The van der Waals surface area contributed by atoms with Gasteiger partial charge in [0.05, 0.1) is 11.5 Å². The maximum atomic E-state index is 12.3. The number of anilines is 1. The van der Waals surface area contributed by atoms with E-state index in [9.17, 15) is 14.9 Å². The molecule has 0 aliphatic heterocycles. The number of nitrogens with one attached hydrogen (secondary N) is 3. The first-order chi connectivity index (χ1) is 15.5. The van der Waals surface area contributed by atoms with E-state index >= 15 is 0 Å². The fraction of sp³-hybridized carbons (Fsp3) is 0.286. The molecule has 0 spiro atoms. The average molecular weight is 457 g/mol. The molecule has 0 saturated heterocycles. The van der Waals surface area contributed by atoms with Crippen molar-refractivity contribution >= 4 is 29.5 Å². The number of rotatable bonds is 11. The number of ether oxygens (including phenoxy) is 1. The molecule has 168 valence electrons. The lowest BCUT2D eigenvalue weighted by atomic mass is 10.2. The predicted molar refractivity (Wildman–Crippen MR) is 123 cm³/mol. The van der Waals surface area contributed by atoms with E-state index in [1.54, 1.807) is 22.8 Å². The summed E-state index contributed by atoms with van der Waals surface area (Å²) in [7, 11) is 0. The van der Waals surface area contributed by atoms with Gasteiger partial charge in [0.1, 0.15) is 11.4 Å². The van der Waals surface area contributed by atoms with Crippen molar-refractivity contribution in [3.63, 3.8) is 0 Å². The highest BCUT2D eigenvalue weighted by Crippen LogP contribution is 2.23. The number of carbonyl (C=O) groups excluding carboxylic acids is 1. The zero-order valence-electron chi connectivity index (χ0n) is 17.5. The van der Waals surface area contributed by atoms with Gasteiger partial charge in [0, 0.05) is 37.7 Å². The lowest BCUT2D eigenvalue weighted by molar-refractivity contribution is -0.384. The van der Waals surface area contributed by atoms with Gasteiger partial charge in [-0.3, -0.25) is 24.6 Å². The number of benzene rings is 2. The average Bonchev–Trinajstić information content (AvgIpc) is 3.16. The Morgan fingerprint density at radius 3 is 2.69 bits per heavy atom. The molecule has 0 bridgehead atoms. The number of carbonyl (C=O) groups is 1. The van der Waals surface area contributed by atoms with Gasteiger partial charge in [-0.2, -0.15) is 5.10 Å². The van der Waals surface area contributed by atoms with Crippen molar-refractivity contribution in [2.75, 3.05) is 25.0 Å². The van der Waals surface area contributed by atoms with Crippen LogP contribution in [0.1, 0.15) is 13.3 Å². The Balaban J connectivity index is 1.51. The number of hydrogen-bond donors (Lipinski definition) is 3. The summed E-state index contributed by atoms with van der Waals surface area (Å²) in [6.07, 6.45) is 0.212. The maximum absolute atomic E-state index is 12.3. The molecule has 3 rings (SSSR count). The molecular formula is C21H24N6O4S. The highest BCUT2D eigenvalue weighted by Gasteiger charge is 2.13. The molecule has 0 aliphatic rings. The molecule has 0 fully saturated rings. The third-order valence-electron chi connectivity index (χ3n) is 4.61. The van der Waals surface area contributed by atoms with Crippen LogP contribution < -0.4 is 15.4 Å². The lowest BCUT2D eigenvalue weighted by Gasteiger charge is -2.10. The number of nitrogens with zero attached hydrogens (tertiary/aromatic N) is 3. The van der Waals surface area contributed by atoms with Crippen LogP contribution in [0.5, 0.6) is 5.75 Å². The van der Waals surface area contributed by atoms with Gasteiger partial charge in [-0.1, -0.05) is 12.1 Å². The van der Waals surface area contributed by atoms with Gasteiger partial charge < -0.3 is 15.4 Å². The van der Waals surface area contributed by atoms with Crippen LogP contribution in [0.2, 0.25) is 0 Å². The first-order valence-electron chi connectivity index (χ1n) is 10.1. The minimum atomic E-state index is -0.447. The van der Waals surface area contributed by atoms with E-state index in [1.807, 2.05) is 31.2 Å². The van der Waals surface area contributed by atoms with Crippen molar-refractivity contribution in [3.05, 3.63) is 63.4 Å². The predicted octanol–water partition coefficient (Wildman–Crippen LogP) is 3.53. The van der Waals surface area contributed by atoms with Crippen molar-refractivity contribution in [2.45, 2.75) is 19.9 Å². The Kier molecular flexibility index (Phi) is 7.92. The first kappa shape index (κ1) is 22.9. The minimum absolute atomic E-state index is 0.00465. The fourth-order valence-corrected chi connectivity index (χ4v) is 3.32. The van der Waals surface area contributed by atoms with Crippen LogP contribution in [-0.4, -0.2) is 45.3 Å². The van der Waals surface area contributed by atoms with Crippen LogP contribution in [-0.2, 0) is 11.3 Å². The van der Waals surface area contributed by atoms with E-state index in [4.69, 9.17) is 17.0 Å². The summed E-state index contributed by atoms with van der Waals surface area (Å²) in [6.45, 7) is 3.56. The minimum Gasteiger partial charge on any atom is -0.494 e. The molecule has 32 heavy (non-hydrogen) atoms. The van der Waals surface area contributed by atoms with Crippen LogP contribution in [0, 0.1) is 14.9 Å². The number of nitro benzene ring substituents is 1. The van der Waals surface area contributed by atoms with Crippen molar-refractivity contribution < 1.29 is 14.5 Å². The quantitative estimate of drug-likeness (QED) is 0.174. The molecule has 11 heteroatoms. The maximum Gasteiger partial charge on any atom is 0.292 e. The van der Waals surface area contributed by atoms with E-state index in [0.717, 1.165) is 11.3 Å². The van der Waals surface area contributed by atoms with Gasteiger partial charge in [-0.25, -0.2) is 0 Å². The number of hydrogen-bond acceptors (Lipinski definition) is 7. The van der Waals surface area contributed by atoms with Crippen molar-refractivity contribution in [2.24, 2.45) is 0 Å². The number of para-hydroxylation sites is 2. The van der Waals surface area contributed by atoms with Crippen molar-refractivity contribution in [1.29, 1.82) is 0 Å². The molecule has 1 amide bonds. The van der Waals surface area contributed by atoms with Crippen LogP contribution in [0.3, 0.4) is 0 Å². The summed E-state index contributed by atoms with van der Waals surface area (Å²) in [5.74, 6) is 1.25. The molecule has 0 unspecified atom stereocenters. The van der Waals surface area contributed by atoms with Crippen molar-refractivity contribution in [1.82, 2.24) is 20.1 Å². The molecule has 1 aromatic heterocycles. The number of nitro groups is 1. The Morgan fingerprint density at radius 1 is 1.22 bits per heavy atom. The first-order valence-corrected chi connectivity index (χ1v) is 10.5. The Labute approximate surface area is 189 Å². The summed E-state index contributed by atoms with van der Waals surface area (Å²) in [4.78, 5) is 22.8. The number of aromatic nitrogens is 3. The Bertz CT molecular complexity index is 1130. The summed E-state index contributed by atoms with van der Waals surface area (Å²) in [6, 6.07) is 13.9. The van der Waals surface area contributed by atoms with Gasteiger partial charge in [0.15, 0.2) is 10.6 Å². The SMILES string of the molecule is CCOc1ccc(-c2n[nH]c(=S)n2CCC(=O)NCCNc2ccccc2[N+](=O)[O-])cc1. The number of amides is 1. The van der Waals surface area contributed by atoms with Crippen LogP contribution in [0.4, 0.5) is 11.4 Å². The van der Waals surface area contributed by atoms with Crippen LogP contribution >= 0.6 is 12.2 Å². The highest BCUT2D eigenvalue weighted by molar-refractivity contribution is 7.71. The van der Waals surface area contributed by atoms with E-state index in [0.29, 0.717) is 42.5 Å². The second kappa shape index (κ2) is 11.0. The number of aromatic amines is 1. The molecular weight excluding hydrogens is 432 g/mol. The molecule has 2 aromatic carbocycles. The van der Waals surface area contributed by atoms with Gasteiger partial charge >= 0.3 is 0 Å². The summed E-state index contributed by atoms with van der Waals surface area (Å²) in [5, 5.41) is 23.9. The largest absolute Gasteiger partial charge is 0.494 e. The topological polar surface area (TPSA) is 127 Å². The lowest BCUT2D eigenvalue weighted by Crippen LogP contribution is -2.29. The Hall–Kier alpha value is -3.73. The van der Waals surface area contributed by atoms with Crippen molar-refractivity contribution in [3.8, 4) is 17.1 Å². The molecule has 0 saturated carbocycles. The zero-order chi connectivity index (χ0) is 22.9. The second-order valence-corrected chi connectivity index (χ2v) is 7.15. The van der Waals surface area contributed by atoms with Crippen LogP contribution in [0.25, 0.3) is 11.4 Å². The van der Waals surface area contributed by atoms with Crippen LogP contribution in [0.15, 0.2) is 48.5 Å². The normalized spacial score (nSPS) is 10.5. The molecule has 0 radical (unpaired) electrons.